The van der Waals surface area contributed by atoms with Crippen LogP contribution in [0.4, 0.5) is 0 Å². The van der Waals surface area contributed by atoms with Gasteiger partial charge in [-0.1, -0.05) is 12.1 Å². The highest BCUT2D eigenvalue weighted by Gasteiger charge is 2.02. The van der Waals surface area contributed by atoms with Gasteiger partial charge in [-0.15, -0.1) is 0 Å². The molecule has 0 saturated heterocycles. The highest BCUT2D eigenvalue weighted by Crippen LogP contribution is 2.25. The van der Waals surface area contributed by atoms with Gasteiger partial charge in [0.1, 0.15) is 24.7 Å². The number of ether oxygens (including phenoxy) is 2. The van der Waals surface area contributed by atoms with Gasteiger partial charge in [-0.2, -0.15) is 5.26 Å². The Hall–Kier alpha value is -1.99. The summed E-state index contributed by atoms with van der Waals surface area (Å²) >= 11 is 3.38. The van der Waals surface area contributed by atoms with Crippen LogP contribution >= 0.6 is 15.9 Å². The minimum absolute atomic E-state index is 0.443. The van der Waals surface area contributed by atoms with E-state index in [-0.39, 0.29) is 0 Å². The van der Waals surface area contributed by atoms with Crippen molar-refractivity contribution in [1.29, 1.82) is 5.26 Å². The van der Waals surface area contributed by atoms with Gasteiger partial charge in [-0.05, 0) is 58.7 Å². The van der Waals surface area contributed by atoms with Crippen molar-refractivity contribution < 1.29 is 9.47 Å². The average molecular weight is 332 g/mol. The number of aryl methyl sites for hydroxylation is 1. The first kappa shape index (κ1) is 14.4. The van der Waals surface area contributed by atoms with Gasteiger partial charge in [-0.25, -0.2) is 0 Å². The molecule has 4 heteroatoms. The third kappa shape index (κ3) is 4.01. The van der Waals surface area contributed by atoms with E-state index in [4.69, 9.17) is 14.7 Å². The first-order valence-corrected chi connectivity index (χ1v) is 7.00. The van der Waals surface area contributed by atoms with Crippen molar-refractivity contribution in [3.05, 3.63) is 58.1 Å². The minimum atomic E-state index is 0.443. The molecule has 3 nitrogen and oxygen atoms in total. The van der Waals surface area contributed by atoms with Crippen molar-refractivity contribution in [2.75, 3.05) is 13.2 Å². The van der Waals surface area contributed by atoms with E-state index in [1.807, 2.05) is 31.2 Å². The smallest absolute Gasteiger partial charge is 0.133 e. The number of rotatable bonds is 5. The molecule has 0 amide bonds. The summed E-state index contributed by atoms with van der Waals surface area (Å²) < 4.78 is 12.0. The molecule has 0 aliphatic heterocycles. The van der Waals surface area contributed by atoms with E-state index < -0.39 is 0 Å². The van der Waals surface area contributed by atoms with Crippen LogP contribution in [0.3, 0.4) is 0 Å². The number of hydrogen-bond acceptors (Lipinski definition) is 3. The Morgan fingerprint density at radius 3 is 2.60 bits per heavy atom. The monoisotopic (exact) mass is 331 g/mol. The molecule has 0 spiro atoms. The molecule has 0 aliphatic carbocycles. The van der Waals surface area contributed by atoms with Crippen LogP contribution < -0.4 is 9.47 Å². The summed E-state index contributed by atoms with van der Waals surface area (Å²) in [6.07, 6.45) is 0. The summed E-state index contributed by atoms with van der Waals surface area (Å²) in [5.41, 5.74) is 1.76. The van der Waals surface area contributed by atoms with Crippen molar-refractivity contribution in [2.45, 2.75) is 6.92 Å². The second kappa shape index (κ2) is 6.97. The second-order valence-corrected chi connectivity index (χ2v) is 5.12. The molecular weight excluding hydrogens is 318 g/mol. The van der Waals surface area contributed by atoms with E-state index in [1.54, 1.807) is 18.2 Å². The zero-order valence-electron chi connectivity index (χ0n) is 11.1. The SMILES string of the molecule is Cc1cccc(OCCOc2ccc(C#N)cc2Br)c1. The summed E-state index contributed by atoms with van der Waals surface area (Å²) in [5, 5.41) is 8.78. The first-order chi connectivity index (χ1) is 9.69. The molecule has 0 N–H and O–H groups in total. The van der Waals surface area contributed by atoms with Crippen LogP contribution in [-0.2, 0) is 0 Å². The van der Waals surface area contributed by atoms with Crippen LogP contribution in [0, 0.1) is 18.3 Å². The molecule has 0 aromatic heterocycles. The number of nitriles is 1. The van der Waals surface area contributed by atoms with Crippen LogP contribution in [0.25, 0.3) is 0 Å². The van der Waals surface area contributed by atoms with Crippen molar-refractivity contribution in [2.24, 2.45) is 0 Å². The molecule has 0 aliphatic rings. The maximum atomic E-state index is 8.78. The molecule has 20 heavy (non-hydrogen) atoms. The van der Waals surface area contributed by atoms with Crippen LogP contribution in [-0.4, -0.2) is 13.2 Å². The highest BCUT2D eigenvalue weighted by atomic mass is 79.9. The predicted octanol–water partition coefficient (Wildman–Crippen LogP) is 4.09. The molecular formula is C16H14BrNO2. The molecule has 2 rings (SSSR count). The van der Waals surface area contributed by atoms with Crippen molar-refractivity contribution in [3.63, 3.8) is 0 Å². The maximum Gasteiger partial charge on any atom is 0.133 e. The van der Waals surface area contributed by atoms with Crippen LogP contribution in [0.15, 0.2) is 46.9 Å². The second-order valence-electron chi connectivity index (χ2n) is 4.27. The van der Waals surface area contributed by atoms with Gasteiger partial charge in [0.2, 0.25) is 0 Å². The van der Waals surface area contributed by atoms with E-state index in [0.29, 0.717) is 24.5 Å². The Morgan fingerprint density at radius 2 is 1.90 bits per heavy atom. The van der Waals surface area contributed by atoms with E-state index >= 15 is 0 Å². The molecule has 2 aromatic carbocycles. The average Bonchev–Trinajstić information content (AvgIpc) is 2.45. The van der Waals surface area contributed by atoms with Crippen LogP contribution in [0.2, 0.25) is 0 Å². The molecule has 0 unspecified atom stereocenters. The standard InChI is InChI=1S/C16H14BrNO2/c1-12-3-2-4-14(9-12)19-7-8-20-16-6-5-13(11-18)10-15(16)17/h2-6,9-10H,7-8H2,1H3. The van der Waals surface area contributed by atoms with Gasteiger partial charge in [0.25, 0.3) is 0 Å². The first-order valence-electron chi connectivity index (χ1n) is 6.21. The Labute approximate surface area is 126 Å². The fourth-order valence-corrected chi connectivity index (χ4v) is 2.20. The van der Waals surface area contributed by atoms with Crippen molar-refractivity contribution >= 4 is 15.9 Å². The lowest BCUT2D eigenvalue weighted by Gasteiger charge is -2.10. The van der Waals surface area contributed by atoms with Crippen molar-refractivity contribution in [3.8, 4) is 17.6 Å². The largest absolute Gasteiger partial charge is 0.490 e. The topological polar surface area (TPSA) is 42.2 Å². The number of benzene rings is 2. The summed E-state index contributed by atoms with van der Waals surface area (Å²) in [6.45, 7) is 2.94. The summed E-state index contributed by atoms with van der Waals surface area (Å²) in [6, 6.07) is 15.2. The zero-order chi connectivity index (χ0) is 14.4. The minimum Gasteiger partial charge on any atom is -0.490 e. The Balaban J connectivity index is 1.83. The lowest BCUT2D eigenvalue weighted by atomic mass is 10.2. The molecule has 0 bridgehead atoms. The normalized spacial score (nSPS) is 9.85. The third-order valence-electron chi connectivity index (χ3n) is 2.66. The maximum absolute atomic E-state index is 8.78. The number of halogens is 1. The quantitative estimate of drug-likeness (QED) is 0.775. The highest BCUT2D eigenvalue weighted by molar-refractivity contribution is 9.10. The summed E-state index contributed by atoms with van der Waals surface area (Å²) in [4.78, 5) is 0. The number of nitrogens with zero attached hydrogens (tertiary/aromatic N) is 1. The van der Waals surface area contributed by atoms with E-state index in [9.17, 15) is 0 Å². The van der Waals surface area contributed by atoms with Crippen LogP contribution in [0.5, 0.6) is 11.5 Å². The van der Waals surface area contributed by atoms with E-state index in [2.05, 4.69) is 22.0 Å². The number of hydrogen-bond donors (Lipinski definition) is 0. The third-order valence-corrected chi connectivity index (χ3v) is 3.28. The Morgan fingerprint density at radius 1 is 1.10 bits per heavy atom. The molecule has 0 heterocycles. The van der Waals surface area contributed by atoms with Crippen molar-refractivity contribution in [1.82, 2.24) is 0 Å². The summed E-state index contributed by atoms with van der Waals surface area (Å²) in [7, 11) is 0. The lowest BCUT2D eigenvalue weighted by molar-refractivity contribution is 0.216. The lowest BCUT2D eigenvalue weighted by Crippen LogP contribution is -2.09. The molecule has 2 aromatic rings. The van der Waals surface area contributed by atoms with Gasteiger partial charge in [-0.3, -0.25) is 0 Å². The Bertz CT molecular complexity index is 635. The molecule has 0 fully saturated rings. The van der Waals surface area contributed by atoms with Gasteiger partial charge < -0.3 is 9.47 Å². The molecule has 0 radical (unpaired) electrons. The van der Waals surface area contributed by atoms with Gasteiger partial charge in [0.15, 0.2) is 0 Å². The predicted molar refractivity (Wildman–Crippen MR) is 81.0 cm³/mol. The fourth-order valence-electron chi connectivity index (χ4n) is 1.70. The van der Waals surface area contributed by atoms with E-state index in [1.165, 1.54) is 5.56 Å². The Kier molecular flexibility index (Phi) is 5.03. The van der Waals surface area contributed by atoms with Gasteiger partial charge in [0, 0.05) is 0 Å². The van der Waals surface area contributed by atoms with Crippen LogP contribution in [0.1, 0.15) is 11.1 Å². The van der Waals surface area contributed by atoms with Gasteiger partial charge in [0.05, 0.1) is 16.1 Å². The van der Waals surface area contributed by atoms with E-state index in [0.717, 1.165) is 10.2 Å². The zero-order valence-corrected chi connectivity index (χ0v) is 12.7. The molecule has 0 saturated carbocycles. The molecule has 102 valence electrons. The van der Waals surface area contributed by atoms with Gasteiger partial charge >= 0.3 is 0 Å². The fraction of sp³-hybridized carbons (Fsp3) is 0.188. The summed E-state index contributed by atoms with van der Waals surface area (Å²) in [5.74, 6) is 1.55. The molecule has 0 atom stereocenters.